The molecule has 1 aromatic rings. The van der Waals surface area contributed by atoms with E-state index in [1.807, 2.05) is 36.5 Å². The van der Waals surface area contributed by atoms with Crippen molar-refractivity contribution in [2.45, 2.75) is 12.8 Å². The molecule has 1 saturated heterocycles. The van der Waals surface area contributed by atoms with E-state index in [0.717, 1.165) is 24.2 Å². The van der Waals surface area contributed by atoms with Crippen LogP contribution < -0.4 is 5.73 Å². The lowest BCUT2D eigenvalue weighted by Gasteiger charge is -2.08. The first-order valence-corrected chi connectivity index (χ1v) is 5.09. The van der Waals surface area contributed by atoms with E-state index in [1.165, 1.54) is 0 Å². The Bertz CT molecular complexity index is 381. The van der Waals surface area contributed by atoms with Crippen molar-refractivity contribution in [2.24, 2.45) is 0 Å². The van der Waals surface area contributed by atoms with Crippen molar-refractivity contribution in [3.8, 4) is 0 Å². The van der Waals surface area contributed by atoms with Crippen LogP contribution in [0.4, 0.5) is 5.69 Å². The number of carbonyl (C=O) groups is 1. The second-order valence-electron chi connectivity index (χ2n) is 3.67. The Kier molecular flexibility index (Phi) is 2.72. The zero-order valence-corrected chi connectivity index (χ0v) is 8.52. The van der Waals surface area contributed by atoms with Crippen LogP contribution in [-0.2, 0) is 4.79 Å². The molecular weight excluding hydrogens is 188 g/mol. The van der Waals surface area contributed by atoms with Gasteiger partial charge in [-0.05, 0) is 30.2 Å². The first kappa shape index (κ1) is 9.77. The molecule has 0 aromatic heterocycles. The Balaban J connectivity index is 2.04. The van der Waals surface area contributed by atoms with Gasteiger partial charge in [-0.25, -0.2) is 0 Å². The van der Waals surface area contributed by atoms with Gasteiger partial charge >= 0.3 is 0 Å². The molecule has 1 fully saturated rings. The van der Waals surface area contributed by atoms with Gasteiger partial charge in [0.25, 0.3) is 0 Å². The van der Waals surface area contributed by atoms with Crippen LogP contribution >= 0.6 is 0 Å². The maximum atomic E-state index is 11.3. The van der Waals surface area contributed by atoms with Crippen LogP contribution in [0.2, 0.25) is 0 Å². The Morgan fingerprint density at radius 1 is 1.27 bits per heavy atom. The number of amides is 1. The highest BCUT2D eigenvalue weighted by Gasteiger charge is 2.16. The van der Waals surface area contributed by atoms with Crippen LogP contribution in [-0.4, -0.2) is 17.4 Å². The molecule has 1 aliphatic rings. The fourth-order valence-corrected chi connectivity index (χ4v) is 1.61. The lowest BCUT2D eigenvalue weighted by atomic mass is 10.2. The quantitative estimate of drug-likeness (QED) is 0.744. The van der Waals surface area contributed by atoms with Crippen molar-refractivity contribution in [3.63, 3.8) is 0 Å². The van der Waals surface area contributed by atoms with E-state index in [9.17, 15) is 4.79 Å². The third-order valence-electron chi connectivity index (χ3n) is 2.49. The Hall–Kier alpha value is -1.77. The van der Waals surface area contributed by atoms with Crippen LogP contribution in [0.1, 0.15) is 18.4 Å². The third kappa shape index (κ3) is 2.37. The SMILES string of the molecule is Nc1ccc(C=CN2CCCC2=O)cc1. The number of nitrogens with zero attached hydrogens (tertiary/aromatic N) is 1. The van der Waals surface area contributed by atoms with Crippen LogP contribution in [0, 0.1) is 0 Å². The highest BCUT2D eigenvalue weighted by atomic mass is 16.2. The summed E-state index contributed by atoms with van der Waals surface area (Å²) in [5.41, 5.74) is 7.39. The Labute approximate surface area is 89.2 Å². The van der Waals surface area contributed by atoms with Gasteiger partial charge in [0.05, 0.1) is 0 Å². The molecule has 2 rings (SSSR count). The van der Waals surface area contributed by atoms with Crippen LogP contribution in [0.25, 0.3) is 6.08 Å². The summed E-state index contributed by atoms with van der Waals surface area (Å²) in [4.78, 5) is 13.1. The van der Waals surface area contributed by atoms with Crippen LogP contribution in [0.3, 0.4) is 0 Å². The van der Waals surface area contributed by atoms with Crippen LogP contribution in [0.5, 0.6) is 0 Å². The van der Waals surface area contributed by atoms with Gasteiger partial charge in [-0.15, -0.1) is 0 Å². The Morgan fingerprint density at radius 2 is 2.00 bits per heavy atom. The summed E-state index contributed by atoms with van der Waals surface area (Å²) in [6, 6.07) is 7.58. The number of rotatable bonds is 2. The molecule has 1 amide bonds. The van der Waals surface area contributed by atoms with Crippen molar-refractivity contribution < 1.29 is 4.79 Å². The normalized spacial score (nSPS) is 16.5. The largest absolute Gasteiger partial charge is 0.399 e. The van der Waals surface area contributed by atoms with E-state index in [-0.39, 0.29) is 5.91 Å². The summed E-state index contributed by atoms with van der Waals surface area (Å²) in [5, 5.41) is 0. The number of hydrogen-bond acceptors (Lipinski definition) is 2. The summed E-state index contributed by atoms with van der Waals surface area (Å²) in [5.74, 6) is 0.210. The maximum Gasteiger partial charge on any atom is 0.226 e. The molecule has 0 aliphatic carbocycles. The molecule has 0 bridgehead atoms. The predicted octanol–water partition coefficient (Wildman–Crippen LogP) is 1.86. The topological polar surface area (TPSA) is 46.3 Å². The third-order valence-corrected chi connectivity index (χ3v) is 2.49. The average Bonchev–Trinajstić information content (AvgIpc) is 2.63. The first-order chi connectivity index (χ1) is 7.25. The lowest BCUT2D eigenvalue weighted by molar-refractivity contribution is -0.125. The fourth-order valence-electron chi connectivity index (χ4n) is 1.61. The molecule has 1 aromatic carbocycles. The monoisotopic (exact) mass is 202 g/mol. The average molecular weight is 202 g/mol. The van der Waals surface area contributed by atoms with E-state index in [2.05, 4.69) is 0 Å². The van der Waals surface area contributed by atoms with Gasteiger partial charge in [0.2, 0.25) is 5.91 Å². The minimum atomic E-state index is 0.210. The lowest BCUT2D eigenvalue weighted by Crippen LogP contribution is -2.16. The van der Waals surface area contributed by atoms with Gasteiger partial charge in [-0.1, -0.05) is 12.1 Å². The standard InChI is InChI=1S/C12H14N2O/c13-11-5-3-10(4-6-11)7-9-14-8-1-2-12(14)15/h3-7,9H,1-2,8,13H2. The Morgan fingerprint density at radius 3 is 2.60 bits per heavy atom. The molecule has 3 nitrogen and oxygen atoms in total. The molecular formula is C12H14N2O. The van der Waals surface area contributed by atoms with Crippen molar-refractivity contribution in [1.29, 1.82) is 0 Å². The van der Waals surface area contributed by atoms with E-state index >= 15 is 0 Å². The van der Waals surface area contributed by atoms with Gasteiger partial charge in [0, 0.05) is 24.9 Å². The summed E-state index contributed by atoms with van der Waals surface area (Å²) >= 11 is 0. The predicted molar refractivity (Wildman–Crippen MR) is 60.8 cm³/mol. The minimum Gasteiger partial charge on any atom is -0.399 e. The number of anilines is 1. The fraction of sp³-hybridized carbons (Fsp3) is 0.250. The van der Waals surface area contributed by atoms with Crippen molar-refractivity contribution in [3.05, 3.63) is 36.0 Å². The molecule has 3 heteroatoms. The minimum absolute atomic E-state index is 0.210. The maximum absolute atomic E-state index is 11.3. The first-order valence-electron chi connectivity index (χ1n) is 5.09. The molecule has 2 N–H and O–H groups in total. The summed E-state index contributed by atoms with van der Waals surface area (Å²) in [6.07, 6.45) is 5.42. The molecule has 0 atom stereocenters. The number of carbonyl (C=O) groups excluding carboxylic acids is 1. The molecule has 0 spiro atoms. The number of nitrogen functional groups attached to an aromatic ring is 1. The van der Waals surface area contributed by atoms with Gasteiger partial charge < -0.3 is 10.6 Å². The van der Waals surface area contributed by atoms with E-state index in [0.29, 0.717) is 6.42 Å². The number of likely N-dealkylation sites (tertiary alicyclic amines) is 1. The van der Waals surface area contributed by atoms with Crippen molar-refractivity contribution in [1.82, 2.24) is 4.90 Å². The molecule has 1 heterocycles. The van der Waals surface area contributed by atoms with Crippen LogP contribution in [0.15, 0.2) is 30.5 Å². The molecule has 0 saturated carbocycles. The van der Waals surface area contributed by atoms with E-state index in [4.69, 9.17) is 5.73 Å². The number of hydrogen-bond donors (Lipinski definition) is 1. The zero-order valence-electron chi connectivity index (χ0n) is 8.52. The molecule has 0 radical (unpaired) electrons. The van der Waals surface area contributed by atoms with Gasteiger partial charge in [0.15, 0.2) is 0 Å². The molecule has 1 aliphatic heterocycles. The smallest absolute Gasteiger partial charge is 0.226 e. The highest BCUT2D eigenvalue weighted by molar-refractivity contribution is 5.79. The molecule has 0 unspecified atom stereocenters. The second kappa shape index (κ2) is 4.17. The molecule has 15 heavy (non-hydrogen) atoms. The van der Waals surface area contributed by atoms with Gasteiger partial charge in [-0.2, -0.15) is 0 Å². The van der Waals surface area contributed by atoms with E-state index < -0.39 is 0 Å². The summed E-state index contributed by atoms with van der Waals surface area (Å²) < 4.78 is 0. The van der Waals surface area contributed by atoms with Crippen molar-refractivity contribution in [2.75, 3.05) is 12.3 Å². The number of nitrogens with two attached hydrogens (primary N) is 1. The van der Waals surface area contributed by atoms with Gasteiger partial charge in [-0.3, -0.25) is 4.79 Å². The zero-order chi connectivity index (χ0) is 10.7. The van der Waals surface area contributed by atoms with E-state index in [1.54, 1.807) is 4.90 Å². The highest BCUT2D eigenvalue weighted by Crippen LogP contribution is 2.12. The van der Waals surface area contributed by atoms with Gasteiger partial charge in [0.1, 0.15) is 0 Å². The summed E-state index contributed by atoms with van der Waals surface area (Å²) in [7, 11) is 0. The molecule has 78 valence electrons. The number of benzene rings is 1. The summed E-state index contributed by atoms with van der Waals surface area (Å²) in [6.45, 7) is 0.838. The van der Waals surface area contributed by atoms with Crippen molar-refractivity contribution >= 4 is 17.7 Å². The second-order valence-corrected chi connectivity index (χ2v) is 3.67.